The number of thiol groups is 2. The first-order valence-corrected chi connectivity index (χ1v) is 5.67. The highest BCUT2D eigenvalue weighted by atomic mass is 32.1. The van der Waals surface area contributed by atoms with Crippen molar-refractivity contribution in [3.05, 3.63) is 0 Å². The Morgan fingerprint density at radius 3 is 2.31 bits per heavy atom. The molecule has 0 fully saturated rings. The lowest BCUT2D eigenvalue weighted by Gasteiger charge is -2.14. The quantitative estimate of drug-likeness (QED) is 0.353. The molecule has 1 atom stereocenters. The van der Waals surface area contributed by atoms with Gasteiger partial charge < -0.3 is 15.4 Å². The van der Waals surface area contributed by atoms with Crippen molar-refractivity contribution in [2.75, 3.05) is 25.2 Å². The Morgan fingerprint density at radius 2 is 1.88 bits per heavy atom. The van der Waals surface area contributed by atoms with Gasteiger partial charge in [0.25, 0.3) is 0 Å². The molecule has 6 nitrogen and oxygen atoms in total. The molecule has 0 aromatic rings. The molecule has 2 amide bonds. The number of rotatable bonds is 6. The molecule has 0 aromatic heterocycles. The summed E-state index contributed by atoms with van der Waals surface area (Å²) >= 11 is 7.62. The highest BCUT2D eigenvalue weighted by molar-refractivity contribution is 7.81. The Kier molecular flexibility index (Phi) is 7.82. The molecule has 0 saturated heterocycles. The normalized spacial score (nSPS) is 11.4. The van der Waals surface area contributed by atoms with Gasteiger partial charge in [-0.3, -0.25) is 9.59 Å². The maximum absolute atomic E-state index is 11.3. The van der Waals surface area contributed by atoms with Crippen molar-refractivity contribution in [3.63, 3.8) is 0 Å². The van der Waals surface area contributed by atoms with E-state index < -0.39 is 17.9 Å². The molecule has 0 bridgehead atoms. The molecule has 0 heterocycles. The summed E-state index contributed by atoms with van der Waals surface area (Å²) in [4.78, 5) is 33.1. The molecule has 2 N–H and O–H groups in total. The van der Waals surface area contributed by atoms with Gasteiger partial charge in [0.1, 0.15) is 6.04 Å². The Labute approximate surface area is 104 Å². The fourth-order valence-electron chi connectivity index (χ4n) is 0.801. The topological polar surface area (TPSA) is 84.5 Å². The Bertz CT molecular complexity index is 273. The SMILES string of the molecule is COC(=O)C(CS)NC(=O)CNC(=O)CS. The second kappa shape index (κ2) is 8.28. The maximum atomic E-state index is 11.3. The van der Waals surface area contributed by atoms with Crippen molar-refractivity contribution < 1.29 is 19.1 Å². The van der Waals surface area contributed by atoms with Gasteiger partial charge in [-0.1, -0.05) is 0 Å². The van der Waals surface area contributed by atoms with E-state index in [4.69, 9.17) is 0 Å². The van der Waals surface area contributed by atoms with Gasteiger partial charge in [0.05, 0.1) is 19.4 Å². The summed E-state index contributed by atoms with van der Waals surface area (Å²) in [5.74, 6) is -1.30. The minimum atomic E-state index is -0.811. The summed E-state index contributed by atoms with van der Waals surface area (Å²) in [5.41, 5.74) is 0. The lowest BCUT2D eigenvalue weighted by atomic mass is 10.3. The van der Waals surface area contributed by atoms with Crippen molar-refractivity contribution >= 4 is 43.0 Å². The third kappa shape index (κ3) is 5.86. The average molecular weight is 266 g/mol. The van der Waals surface area contributed by atoms with E-state index in [0.717, 1.165) is 0 Å². The standard InChI is InChI=1S/C8H14N2O4S2/c1-14-8(13)5(3-15)10-6(11)2-9-7(12)4-16/h5,15-16H,2-4H2,1H3,(H,9,12)(H,10,11). The predicted molar refractivity (Wildman–Crippen MR) is 64.7 cm³/mol. The summed E-state index contributed by atoms with van der Waals surface area (Å²) in [5, 5.41) is 4.68. The summed E-state index contributed by atoms with van der Waals surface area (Å²) in [7, 11) is 1.22. The van der Waals surface area contributed by atoms with Gasteiger partial charge in [-0.2, -0.15) is 25.3 Å². The van der Waals surface area contributed by atoms with E-state index in [9.17, 15) is 14.4 Å². The van der Waals surface area contributed by atoms with Crippen LogP contribution < -0.4 is 10.6 Å². The molecule has 0 aliphatic heterocycles. The summed E-state index contributed by atoms with van der Waals surface area (Å²) in [6, 6.07) is -0.811. The van der Waals surface area contributed by atoms with E-state index in [-0.39, 0.29) is 24.0 Å². The molecule has 0 aliphatic carbocycles. The first-order chi connectivity index (χ1) is 7.54. The average Bonchev–Trinajstić information content (AvgIpc) is 2.31. The van der Waals surface area contributed by atoms with Crippen LogP contribution in [0.2, 0.25) is 0 Å². The van der Waals surface area contributed by atoms with Crippen LogP contribution in [0.3, 0.4) is 0 Å². The van der Waals surface area contributed by atoms with Crippen LogP contribution in [0.15, 0.2) is 0 Å². The Morgan fingerprint density at radius 1 is 1.25 bits per heavy atom. The van der Waals surface area contributed by atoms with E-state index in [2.05, 4.69) is 40.6 Å². The number of hydrogen-bond acceptors (Lipinski definition) is 6. The Balaban J connectivity index is 4.01. The molecule has 8 heteroatoms. The van der Waals surface area contributed by atoms with Crippen LogP contribution in [0.5, 0.6) is 0 Å². The zero-order chi connectivity index (χ0) is 12.6. The predicted octanol–water partition coefficient (Wildman–Crippen LogP) is -1.38. The van der Waals surface area contributed by atoms with Crippen LogP contribution >= 0.6 is 25.3 Å². The summed E-state index contributed by atoms with van der Waals surface area (Å²) in [6.07, 6.45) is 0. The second-order valence-electron chi connectivity index (χ2n) is 2.76. The first kappa shape index (κ1) is 15.1. The van der Waals surface area contributed by atoms with Crippen molar-refractivity contribution in [1.82, 2.24) is 10.6 Å². The van der Waals surface area contributed by atoms with E-state index in [1.165, 1.54) is 7.11 Å². The lowest BCUT2D eigenvalue weighted by Crippen LogP contribution is -2.47. The van der Waals surface area contributed by atoms with Crippen LogP contribution in [-0.2, 0) is 19.1 Å². The number of methoxy groups -OCH3 is 1. The molecule has 16 heavy (non-hydrogen) atoms. The monoisotopic (exact) mass is 266 g/mol. The molecule has 0 rings (SSSR count). The molecule has 92 valence electrons. The zero-order valence-corrected chi connectivity index (χ0v) is 10.5. The smallest absolute Gasteiger partial charge is 0.329 e. The second-order valence-corrected chi connectivity index (χ2v) is 3.44. The number of esters is 1. The molecule has 0 spiro atoms. The largest absolute Gasteiger partial charge is 0.467 e. The van der Waals surface area contributed by atoms with Crippen molar-refractivity contribution in [1.29, 1.82) is 0 Å². The number of carbonyl (C=O) groups excluding carboxylic acids is 3. The molecular formula is C8H14N2O4S2. The number of amides is 2. The van der Waals surface area contributed by atoms with Crippen LogP contribution in [0.1, 0.15) is 0 Å². The summed E-state index contributed by atoms with van der Waals surface area (Å²) in [6.45, 7) is -0.208. The molecule has 0 aromatic carbocycles. The van der Waals surface area contributed by atoms with Crippen molar-refractivity contribution in [2.24, 2.45) is 0 Å². The van der Waals surface area contributed by atoms with Gasteiger partial charge in [0.15, 0.2) is 0 Å². The number of carbonyl (C=O) groups is 3. The van der Waals surface area contributed by atoms with Gasteiger partial charge in [0, 0.05) is 5.75 Å². The van der Waals surface area contributed by atoms with E-state index in [0.29, 0.717) is 0 Å². The van der Waals surface area contributed by atoms with E-state index in [1.54, 1.807) is 0 Å². The minimum Gasteiger partial charge on any atom is -0.467 e. The van der Waals surface area contributed by atoms with Gasteiger partial charge in [-0.15, -0.1) is 0 Å². The van der Waals surface area contributed by atoms with Crippen molar-refractivity contribution in [2.45, 2.75) is 6.04 Å². The van der Waals surface area contributed by atoms with Gasteiger partial charge in [-0.05, 0) is 0 Å². The summed E-state index contributed by atoms with van der Waals surface area (Å²) < 4.78 is 4.45. The maximum Gasteiger partial charge on any atom is 0.329 e. The van der Waals surface area contributed by atoms with Crippen LogP contribution in [0.4, 0.5) is 0 Å². The highest BCUT2D eigenvalue weighted by Gasteiger charge is 2.19. The highest BCUT2D eigenvalue weighted by Crippen LogP contribution is 1.91. The first-order valence-electron chi connectivity index (χ1n) is 4.40. The van der Waals surface area contributed by atoms with Gasteiger partial charge >= 0.3 is 5.97 Å². The zero-order valence-electron chi connectivity index (χ0n) is 8.73. The van der Waals surface area contributed by atoms with Crippen LogP contribution in [0, 0.1) is 0 Å². The lowest BCUT2D eigenvalue weighted by molar-refractivity contribution is -0.144. The Hall–Kier alpha value is -0.890. The van der Waals surface area contributed by atoms with Gasteiger partial charge in [0.2, 0.25) is 11.8 Å². The molecule has 0 radical (unpaired) electrons. The fraction of sp³-hybridized carbons (Fsp3) is 0.625. The fourth-order valence-corrected chi connectivity index (χ4v) is 1.15. The molecule has 0 saturated carbocycles. The van der Waals surface area contributed by atoms with Gasteiger partial charge in [-0.25, -0.2) is 4.79 Å². The minimum absolute atomic E-state index is 0.000276. The third-order valence-corrected chi connectivity index (χ3v) is 2.25. The van der Waals surface area contributed by atoms with E-state index in [1.807, 2.05) is 0 Å². The number of nitrogens with one attached hydrogen (secondary N) is 2. The molecular weight excluding hydrogens is 252 g/mol. The van der Waals surface area contributed by atoms with E-state index >= 15 is 0 Å². The third-order valence-electron chi connectivity index (χ3n) is 1.59. The number of ether oxygens (including phenoxy) is 1. The van der Waals surface area contributed by atoms with Crippen LogP contribution in [-0.4, -0.2) is 49.0 Å². The van der Waals surface area contributed by atoms with Crippen LogP contribution in [0.25, 0.3) is 0 Å². The van der Waals surface area contributed by atoms with Crippen molar-refractivity contribution in [3.8, 4) is 0 Å². The number of hydrogen-bond donors (Lipinski definition) is 4. The molecule has 0 aliphatic rings. The molecule has 1 unspecified atom stereocenters.